The van der Waals surface area contributed by atoms with Crippen LogP contribution in [0.2, 0.25) is 0 Å². The van der Waals surface area contributed by atoms with Crippen molar-refractivity contribution in [1.82, 2.24) is 5.32 Å². The SMILES string of the molecule is CCOC(=O)C1CCCC(NCC(C)(C)CO)C1. The summed E-state index contributed by atoms with van der Waals surface area (Å²) in [6.07, 6.45) is 3.98. The molecule has 0 aromatic heterocycles. The summed E-state index contributed by atoms with van der Waals surface area (Å²) < 4.78 is 5.09. The average molecular weight is 257 g/mol. The van der Waals surface area contributed by atoms with Crippen molar-refractivity contribution in [2.24, 2.45) is 11.3 Å². The topological polar surface area (TPSA) is 58.6 Å². The van der Waals surface area contributed by atoms with E-state index in [9.17, 15) is 9.90 Å². The molecular weight excluding hydrogens is 230 g/mol. The van der Waals surface area contributed by atoms with Crippen molar-refractivity contribution in [2.75, 3.05) is 19.8 Å². The summed E-state index contributed by atoms with van der Waals surface area (Å²) in [4.78, 5) is 11.7. The van der Waals surface area contributed by atoms with E-state index in [1.54, 1.807) is 0 Å². The minimum atomic E-state index is -0.100. The lowest BCUT2D eigenvalue weighted by Crippen LogP contribution is -2.42. The van der Waals surface area contributed by atoms with Crippen LogP contribution < -0.4 is 5.32 Å². The van der Waals surface area contributed by atoms with Crippen LogP contribution in [-0.4, -0.2) is 36.9 Å². The van der Waals surface area contributed by atoms with Crippen molar-refractivity contribution in [1.29, 1.82) is 0 Å². The van der Waals surface area contributed by atoms with Crippen molar-refractivity contribution in [2.45, 2.75) is 52.5 Å². The smallest absolute Gasteiger partial charge is 0.308 e. The van der Waals surface area contributed by atoms with E-state index < -0.39 is 0 Å². The molecule has 106 valence electrons. The van der Waals surface area contributed by atoms with Gasteiger partial charge in [-0.15, -0.1) is 0 Å². The summed E-state index contributed by atoms with van der Waals surface area (Å²) >= 11 is 0. The zero-order valence-corrected chi connectivity index (χ0v) is 11.9. The van der Waals surface area contributed by atoms with E-state index in [1.165, 1.54) is 0 Å². The lowest BCUT2D eigenvalue weighted by atomic mass is 9.85. The van der Waals surface area contributed by atoms with Gasteiger partial charge in [-0.25, -0.2) is 0 Å². The molecule has 4 nitrogen and oxygen atoms in total. The van der Waals surface area contributed by atoms with E-state index in [0.717, 1.165) is 32.2 Å². The van der Waals surface area contributed by atoms with E-state index in [2.05, 4.69) is 5.32 Å². The number of carbonyl (C=O) groups excluding carboxylic acids is 1. The Labute approximate surface area is 110 Å². The van der Waals surface area contributed by atoms with Gasteiger partial charge in [0.2, 0.25) is 0 Å². The highest BCUT2D eigenvalue weighted by Crippen LogP contribution is 2.26. The second-order valence-electron chi connectivity index (χ2n) is 6.02. The molecule has 4 heteroatoms. The second kappa shape index (κ2) is 7.10. The van der Waals surface area contributed by atoms with Gasteiger partial charge in [-0.05, 0) is 26.2 Å². The summed E-state index contributed by atoms with van der Waals surface area (Å²) in [5.41, 5.74) is -0.100. The van der Waals surface area contributed by atoms with Crippen LogP contribution in [0.15, 0.2) is 0 Å². The van der Waals surface area contributed by atoms with Gasteiger partial charge in [0.1, 0.15) is 0 Å². The number of nitrogens with one attached hydrogen (secondary N) is 1. The molecule has 1 aliphatic carbocycles. The first-order chi connectivity index (χ1) is 8.48. The first-order valence-electron chi connectivity index (χ1n) is 6.99. The van der Waals surface area contributed by atoms with Gasteiger partial charge in [0.25, 0.3) is 0 Å². The monoisotopic (exact) mass is 257 g/mol. The first-order valence-corrected chi connectivity index (χ1v) is 6.99. The molecule has 1 aliphatic rings. The van der Waals surface area contributed by atoms with Crippen molar-refractivity contribution >= 4 is 5.97 Å². The third-order valence-corrected chi connectivity index (χ3v) is 3.59. The molecule has 0 aromatic carbocycles. The highest BCUT2D eigenvalue weighted by atomic mass is 16.5. The summed E-state index contributed by atoms with van der Waals surface area (Å²) in [7, 11) is 0. The molecule has 18 heavy (non-hydrogen) atoms. The molecule has 2 atom stereocenters. The van der Waals surface area contributed by atoms with Gasteiger partial charge in [-0.2, -0.15) is 0 Å². The first kappa shape index (κ1) is 15.4. The third kappa shape index (κ3) is 4.94. The van der Waals surface area contributed by atoms with Gasteiger partial charge in [0.05, 0.1) is 12.5 Å². The summed E-state index contributed by atoms with van der Waals surface area (Å²) in [6.45, 7) is 7.33. The maximum atomic E-state index is 11.7. The Hall–Kier alpha value is -0.610. The van der Waals surface area contributed by atoms with Gasteiger partial charge >= 0.3 is 5.97 Å². The molecule has 1 fully saturated rings. The van der Waals surface area contributed by atoms with E-state index in [-0.39, 0.29) is 23.9 Å². The molecule has 0 saturated heterocycles. The predicted molar refractivity (Wildman–Crippen MR) is 71.2 cm³/mol. The maximum absolute atomic E-state index is 11.7. The van der Waals surface area contributed by atoms with Crippen molar-refractivity contribution in [3.63, 3.8) is 0 Å². The molecule has 0 spiro atoms. The van der Waals surface area contributed by atoms with E-state index in [4.69, 9.17) is 4.74 Å². The number of carbonyl (C=O) groups is 1. The highest BCUT2D eigenvalue weighted by molar-refractivity contribution is 5.72. The summed E-state index contributed by atoms with van der Waals surface area (Å²) in [5, 5.41) is 12.7. The number of esters is 1. The molecule has 1 rings (SSSR count). The van der Waals surface area contributed by atoms with Gasteiger partial charge < -0.3 is 15.2 Å². The van der Waals surface area contributed by atoms with Crippen LogP contribution in [0.4, 0.5) is 0 Å². The zero-order valence-electron chi connectivity index (χ0n) is 11.9. The van der Waals surface area contributed by atoms with Crippen molar-refractivity contribution < 1.29 is 14.6 Å². The minimum Gasteiger partial charge on any atom is -0.466 e. The standard InChI is InChI=1S/C14H27NO3/c1-4-18-13(17)11-6-5-7-12(8-11)15-9-14(2,3)10-16/h11-12,15-16H,4-10H2,1-3H3. The van der Waals surface area contributed by atoms with E-state index >= 15 is 0 Å². The number of ether oxygens (including phenoxy) is 1. The van der Waals surface area contributed by atoms with Crippen LogP contribution in [0.5, 0.6) is 0 Å². The van der Waals surface area contributed by atoms with Crippen molar-refractivity contribution in [3.8, 4) is 0 Å². The maximum Gasteiger partial charge on any atom is 0.308 e. The fraction of sp³-hybridized carbons (Fsp3) is 0.929. The number of hydrogen-bond acceptors (Lipinski definition) is 4. The molecule has 2 unspecified atom stereocenters. The fourth-order valence-electron chi connectivity index (χ4n) is 2.33. The number of rotatable bonds is 6. The van der Waals surface area contributed by atoms with Crippen LogP contribution >= 0.6 is 0 Å². The fourth-order valence-corrected chi connectivity index (χ4v) is 2.33. The summed E-state index contributed by atoms with van der Waals surface area (Å²) in [6, 6.07) is 0.374. The van der Waals surface area contributed by atoms with Crippen LogP contribution in [0.3, 0.4) is 0 Å². The van der Waals surface area contributed by atoms with Gasteiger partial charge in [0, 0.05) is 24.6 Å². The predicted octanol–water partition coefficient (Wildman–Crippen LogP) is 1.72. The minimum absolute atomic E-state index is 0.0495. The molecule has 2 N–H and O–H groups in total. The Balaban J connectivity index is 2.37. The zero-order chi connectivity index (χ0) is 13.6. The third-order valence-electron chi connectivity index (χ3n) is 3.59. The Kier molecular flexibility index (Phi) is 6.09. The number of aliphatic hydroxyl groups excluding tert-OH is 1. The van der Waals surface area contributed by atoms with E-state index in [1.807, 2.05) is 20.8 Å². The van der Waals surface area contributed by atoms with E-state index in [0.29, 0.717) is 12.6 Å². The molecule has 0 bridgehead atoms. The molecular formula is C14H27NO3. The Morgan fingerprint density at radius 3 is 2.78 bits per heavy atom. The average Bonchev–Trinajstić information content (AvgIpc) is 2.37. The molecule has 0 heterocycles. The van der Waals surface area contributed by atoms with Crippen LogP contribution in [-0.2, 0) is 9.53 Å². The second-order valence-corrected chi connectivity index (χ2v) is 6.02. The Bertz CT molecular complexity index is 266. The van der Waals surface area contributed by atoms with Gasteiger partial charge in [-0.3, -0.25) is 4.79 Å². The highest BCUT2D eigenvalue weighted by Gasteiger charge is 2.29. The molecule has 0 amide bonds. The van der Waals surface area contributed by atoms with Gasteiger partial charge in [-0.1, -0.05) is 20.3 Å². The molecule has 0 aliphatic heterocycles. The molecule has 0 radical (unpaired) electrons. The Morgan fingerprint density at radius 2 is 2.17 bits per heavy atom. The Morgan fingerprint density at radius 1 is 1.44 bits per heavy atom. The van der Waals surface area contributed by atoms with Crippen molar-refractivity contribution in [3.05, 3.63) is 0 Å². The van der Waals surface area contributed by atoms with Crippen LogP contribution in [0, 0.1) is 11.3 Å². The number of aliphatic hydroxyl groups is 1. The number of hydrogen-bond donors (Lipinski definition) is 2. The lowest BCUT2D eigenvalue weighted by Gasteiger charge is -2.31. The lowest BCUT2D eigenvalue weighted by molar-refractivity contribution is -0.149. The molecule has 1 saturated carbocycles. The van der Waals surface area contributed by atoms with Crippen LogP contribution in [0.25, 0.3) is 0 Å². The quantitative estimate of drug-likeness (QED) is 0.711. The molecule has 0 aromatic rings. The van der Waals surface area contributed by atoms with Crippen LogP contribution in [0.1, 0.15) is 46.5 Å². The normalized spacial score (nSPS) is 24.9. The van der Waals surface area contributed by atoms with Gasteiger partial charge in [0.15, 0.2) is 0 Å². The largest absolute Gasteiger partial charge is 0.466 e. The summed E-state index contributed by atoms with van der Waals surface area (Å²) in [5.74, 6) is -0.00106.